The summed E-state index contributed by atoms with van der Waals surface area (Å²) in [5.74, 6) is -0.853. The van der Waals surface area contributed by atoms with Crippen molar-refractivity contribution in [2.24, 2.45) is 16.8 Å². The van der Waals surface area contributed by atoms with Gasteiger partial charge in [-0.3, -0.25) is 9.79 Å². The molecule has 0 spiro atoms. The predicted octanol–water partition coefficient (Wildman–Crippen LogP) is 4.89. The summed E-state index contributed by atoms with van der Waals surface area (Å²) in [5, 5.41) is 16.1. The highest BCUT2D eigenvalue weighted by Gasteiger charge is 2.56. The van der Waals surface area contributed by atoms with Crippen molar-refractivity contribution in [3.05, 3.63) is 22.8 Å². The number of aliphatic imine (C=N–C) groups is 1. The number of hydrogen-bond acceptors (Lipinski definition) is 15. The molecule has 1 unspecified atom stereocenters. The van der Waals surface area contributed by atoms with E-state index in [0.29, 0.717) is 30.1 Å². The van der Waals surface area contributed by atoms with Gasteiger partial charge in [0, 0.05) is 49.8 Å². The zero-order valence-corrected chi connectivity index (χ0v) is 40.7. The molecule has 6 heterocycles. The molecule has 0 amide bonds. The molecule has 14 nitrogen and oxygen atoms in total. The van der Waals surface area contributed by atoms with Crippen LogP contribution in [0.1, 0.15) is 93.4 Å². The average molecular weight is 946 g/mol. The number of carbonyl (C=O) groups is 2. The third kappa shape index (κ3) is 9.71. The van der Waals surface area contributed by atoms with Gasteiger partial charge in [-0.05, 0) is 108 Å². The first kappa shape index (κ1) is 48.2. The number of likely N-dealkylation sites (N-methyl/N-ethyl adjacent to an activating group) is 2. The summed E-state index contributed by atoms with van der Waals surface area (Å²) >= 11 is 5.40. The Bertz CT molecular complexity index is 1710. The molecular weight excluding hydrogens is 877 g/mol. The second kappa shape index (κ2) is 19.1. The minimum absolute atomic E-state index is 0.0287. The van der Waals surface area contributed by atoms with Crippen LogP contribution in [0.15, 0.2) is 27.7 Å². The van der Waals surface area contributed by atoms with Crippen LogP contribution in [0.25, 0.3) is 0 Å². The number of allylic oxidation sites excluding steroid dienone is 1. The number of aliphatic hydroxyl groups is 1. The fourth-order valence-corrected chi connectivity index (χ4v) is 13.3. The minimum atomic E-state index is -1.84. The number of fused-ring (bicyclic) bond motifs is 9. The van der Waals surface area contributed by atoms with Crippen molar-refractivity contribution in [2.75, 3.05) is 41.1 Å². The van der Waals surface area contributed by atoms with E-state index in [1.165, 1.54) is 24.9 Å². The number of aliphatic hydroxyl groups excluding tert-OH is 1. The van der Waals surface area contributed by atoms with Gasteiger partial charge in [0.25, 0.3) is 0 Å². The van der Waals surface area contributed by atoms with Crippen molar-refractivity contribution in [1.29, 1.82) is 0 Å². The summed E-state index contributed by atoms with van der Waals surface area (Å²) in [6.45, 7) is 13.7. The highest BCUT2D eigenvalue weighted by atomic mass is 79.9. The van der Waals surface area contributed by atoms with Crippen molar-refractivity contribution < 1.29 is 47.3 Å². The minimum Gasteiger partial charge on any atom is -0.459 e. The van der Waals surface area contributed by atoms with Gasteiger partial charge in [-0.25, -0.2) is 9.00 Å². The van der Waals surface area contributed by atoms with Crippen molar-refractivity contribution in [2.45, 2.75) is 176 Å². The summed E-state index contributed by atoms with van der Waals surface area (Å²) in [6.07, 6.45) is 4.01. The molecule has 0 aromatic heterocycles. The van der Waals surface area contributed by atoms with E-state index in [0.717, 1.165) is 24.8 Å². The lowest BCUT2D eigenvalue weighted by Crippen LogP contribution is -2.56. The molecule has 3 saturated heterocycles. The lowest BCUT2D eigenvalue weighted by Gasteiger charge is -2.50. The Morgan fingerprint density at radius 3 is 2.20 bits per heavy atom. The number of thioether (sulfide) groups is 1. The molecule has 4 fully saturated rings. The molecular formula is C43H69BrN4O10S2. The number of ketones is 1. The van der Waals surface area contributed by atoms with Crippen LogP contribution in [0, 0.1) is 11.8 Å². The SMILES string of the molecule is CO[C@H]1S(=O)/C2=C\C(=O)[C@](C)(O[C@H]3CC[C@H](N(C)C)[C@@H](C)O3)[C@H](O)CC/C(C)=C\[C@@H]3[C@@H](C)[C@](C)(Br)[C@@H](C[C@H]3O[C@H]3CC[C@H](N(C)C)[C@@H](C)O3)OC(=O)[C@@H]3CSC(=N3)[C@]1(C)N2. The Hall–Kier alpha value is -1.25. The average Bonchev–Trinajstić information content (AvgIpc) is 3.77. The third-order valence-corrected chi connectivity index (χ3v) is 18.2. The number of halogens is 1. The maximum atomic E-state index is 14.6. The second-order valence-corrected chi connectivity index (χ2v) is 22.9. The van der Waals surface area contributed by atoms with Crippen LogP contribution >= 0.6 is 27.7 Å². The van der Waals surface area contributed by atoms with Gasteiger partial charge in [-0.2, -0.15) is 0 Å². The monoisotopic (exact) mass is 944 g/mol. The van der Waals surface area contributed by atoms with Crippen LogP contribution in [0.2, 0.25) is 0 Å². The second-order valence-electron chi connectivity index (χ2n) is 18.7. The third-order valence-electron chi connectivity index (χ3n) is 14.0. The Kier molecular flexibility index (Phi) is 15.3. The zero-order valence-electron chi connectivity index (χ0n) is 37.5. The number of ether oxygens (including phenoxy) is 6. The van der Waals surface area contributed by atoms with Crippen molar-refractivity contribution in [1.82, 2.24) is 15.1 Å². The number of methoxy groups -OCH3 is 1. The number of nitrogens with zero attached hydrogens (tertiary/aromatic N) is 3. The van der Waals surface area contributed by atoms with Gasteiger partial charge in [-0.15, -0.1) is 11.8 Å². The number of carbonyl (C=O) groups excluding carboxylic acids is 2. The number of alkyl halides is 1. The van der Waals surface area contributed by atoms with Crippen LogP contribution in [0.5, 0.6) is 0 Å². The fourth-order valence-electron chi connectivity index (χ4n) is 9.92. The lowest BCUT2D eigenvalue weighted by molar-refractivity contribution is -0.260. The molecule has 7 rings (SSSR count). The molecule has 7 aliphatic rings. The van der Waals surface area contributed by atoms with Gasteiger partial charge in [-0.1, -0.05) is 34.5 Å². The van der Waals surface area contributed by atoms with Crippen LogP contribution in [0.4, 0.5) is 0 Å². The Labute approximate surface area is 372 Å². The van der Waals surface area contributed by atoms with Gasteiger partial charge in [0.1, 0.15) is 27.5 Å². The van der Waals surface area contributed by atoms with Crippen LogP contribution in [0.3, 0.4) is 0 Å². The predicted molar refractivity (Wildman–Crippen MR) is 237 cm³/mol. The first-order valence-electron chi connectivity index (χ1n) is 21.5. The van der Waals surface area contributed by atoms with E-state index in [1.54, 1.807) is 6.92 Å². The fraction of sp³-hybridized carbons (Fsp3) is 0.837. The van der Waals surface area contributed by atoms with E-state index in [-0.39, 0.29) is 53.7 Å². The summed E-state index contributed by atoms with van der Waals surface area (Å²) < 4.78 is 51.9. The standard InChI is InChI=1S/C43H69BrN4O10S2/c1-23-13-16-32(49)43(7,58-37-18-15-30(48(10)11)26(4)55-37)33(50)21-35-46-42(6,40(53-12)60(35)52)39-45-28(22-59-39)38(51)57-34-20-31(27(19-23)24(2)41(34,5)44)56-36-17-14-29(47(8)9)25(3)54-36/h19,21,24-32,34,36-37,40,46,49H,13-18,20,22H2,1-12H3/b23-19-,35-21-/t24-,25-,26-,27-,28+,29+,30+,31-,32-,34-,36+,37+,40+,41+,42+,43-,60?/m1/s1. The van der Waals surface area contributed by atoms with E-state index in [4.69, 9.17) is 33.4 Å². The van der Waals surface area contributed by atoms with Crippen LogP contribution < -0.4 is 5.32 Å². The molecule has 6 bridgehead atoms. The molecule has 1 saturated carbocycles. The van der Waals surface area contributed by atoms with Crippen molar-refractivity contribution >= 4 is 55.3 Å². The van der Waals surface area contributed by atoms with Gasteiger partial charge < -0.3 is 48.6 Å². The molecule has 0 aromatic carbocycles. The first-order chi connectivity index (χ1) is 28.1. The lowest BCUT2D eigenvalue weighted by atomic mass is 9.69. The highest BCUT2D eigenvalue weighted by molar-refractivity contribution is 9.10. The summed E-state index contributed by atoms with van der Waals surface area (Å²) in [7, 11) is 7.78. The molecule has 17 heteroatoms. The number of nitrogens with one attached hydrogen (secondary N) is 1. The van der Waals surface area contributed by atoms with Gasteiger partial charge in [0.15, 0.2) is 35.4 Å². The van der Waals surface area contributed by atoms with Gasteiger partial charge in [0.05, 0.1) is 33.8 Å². The molecule has 6 aliphatic heterocycles. The Morgan fingerprint density at radius 2 is 1.60 bits per heavy atom. The van der Waals surface area contributed by atoms with Crippen LogP contribution in [-0.4, -0.2) is 159 Å². The van der Waals surface area contributed by atoms with E-state index in [1.807, 2.05) is 34.9 Å². The molecule has 0 radical (unpaired) electrons. The normalized spacial score (nSPS) is 47.6. The molecule has 1 aliphatic carbocycles. The highest BCUT2D eigenvalue weighted by Crippen LogP contribution is 2.48. The topological polar surface area (TPSA) is 158 Å². The number of esters is 1. The molecule has 17 atom stereocenters. The largest absolute Gasteiger partial charge is 0.459 e. The zero-order chi connectivity index (χ0) is 44.1. The van der Waals surface area contributed by atoms with Crippen molar-refractivity contribution in [3.8, 4) is 0 Å². The van der Waals surface area contributed by atoms with E-state index in [2.05, 4.69) is 72.0 Å². The Balaban J connectivity index is 1.37. The maximum Gasteiger partial charge on any atom is 0.332 e. The van der Waals surface area contributed by atoms with Crippen molar-refractivity contribution in [3.63, 3.8) is 0 Å². The summed E-state index contributed by atoms with van der Waals surface area (Å²) in [5.41, 5.74) is -2.81. The van der Waals surface area contributed by atoms with Crippen LogP contribution in [-0.2, 0) is 48.8 Å². The maximum absolute atomic E-state index is 14.6. The van der Waals surface area contributed by atoms with Gasteiger partial charge >= 0.3 is 5.97 Å². The molecule has 340 valence electrons. The molecule has 60 heavy (non-hydrogen) atoms. The first-order valence-corrected chi connectivity index (χ1v) is 24.5. The quantitative estimate of drug-likeness (QED) is 0.202. The summed E-state index contributed by atoms with van der Waals surface area (Å²) in [6, 6.07) is -0.357. The van der Waals surface area contributed by atoms with E-state index < -0.39 is 74.3 Å². The molecule has 0 aromatic rings. The Morgan fingerprint density at radius 1 is 0.983 bits per heavy atom. The molecule has 2 N–H and O–H groups in total. The van der Waals surface area contributed by atoms with E-state index >= 15 is 0 Å². The van der Waals surface area contributed by atoms with E-state index in [9.17, 15) is 18.9 Å². The smallest absolute Gasteiger partial charge is 0.332 e. The summed E-state index contributed by atoms with van der Waals surface area (Å²) in [4.78, 5) is 37.8. The van der Waals surface area contributed by atoms with Gasteiger partial charge in [0.2, 0.25) is 0 Å². The number of hydrogen-bond donors (Lipinski definition) is 2. The number of rotatable bonds is 7.